The Kier molecular flexibility index (Phi) is 4.79. The third-order valence-corrected chi connectivity index (χ3v) is 3.48. The predicted octanol–water partition coefficient (Wildman–Crippen LogP) is 3.68. The zero-order chi connectivity index (χ0) is 17.8. The lowest BCUT2D eigenvalue weighted by Gasteiger charge is -2.09. The van der Waals surface area contributed by atoms with Crippen molar-refractivity contribution in [2.24, 2.45) is 0 Å². The molecule has 25 heavy (non-hydrogen) atoms. The highest BCUT2D eigenvalue weighted by Crippen LogP contribution is 2.22. The molecule has 0 fully saturated rings. The Labute approximate surface area is 145 Å². The van der Waals surface area contributed by atoms with Gasteiger partial charge in [-0.1, -0.05) is 17.3 Å². The van der Waals surface area contributed by atoms with Crippen LogP contribution in [0.3, 0.4) is 0 Å². The second-order valence-corrected chi connectivity index (χ2v) is 5.89. The van der Waals surface area contributed by atoms with Crippen LogP contribution in [0.2, 0.25) is 0 Å². The molecule has 0 aliphatic heterocycles. The molecular weight excluding hydrogens is 318 g/mol. The molecule has 0 spiro atoms. The molecule has 128 valence electrons. The molecule has 3 rings (SSSR count). The van der Waals surface area contributed by atoms with Gasteiger partial charge in [-0.25, -0.2) is 0 Å². The van der Waals surface area contributed by atoms with Crippen LogP contribution in [0.25, 0.3) is 11.5 Å². The molecule has 0 aliphatic carbocycles. The van der Waals surface area contributed by atoms with Gasteiger partial charge >= 0.3 is 0 Å². The maximum absolute atomic E-state index is 12.1. The maximum Gasteiger partial charge on any atom is 0.262 e. The number of hydrogen-bond donors (Lipinski definition) is 1. The van der Waals surface area contributed by atoms with E-state index in [0.717, 1.165) is 22.4 Å². The molecule has 0 bridgehead atoms. The molecule has 0 radical (unpaired) electrons. The molecule has 3 aromatic rings. The van der Waals surface area contributed by atoms with Crippen molar-refractivity contribution in [3.63, 3.8) is 0 Å². The third kappa shape index (κ3) is 4.44. The first kappa shape index (κ1) is 16.7. The zero-order valence-corrected chi connectivity index (χ0v) is 14.4. The quantitative estimate of drug-likeness (QED) is 0.768. The van der Waals surface area contributed by atoms with E-state index >= 15 is 0 Å². The summed E-state index contributed by atoms with van der Waals surface area (Å²) < 4.78 is 10.7. The minimum atomic E-state index is -0.218. The Morgan fingerprint density at radius 3 is 2.56 bits per heavy atom. The minimum absolute atomic E-state index is 0.0840. The van der Waals surface area contributed by atoms with Crippen LogP contribution in [0.5, 0.6) is 5.75 Å². The van der Waals surface area contributed by atoms with E-state index < -0.39 is 0 Å². The molecule has 0 saturated carbocycles. The van der Waals surface area contributed by atoms with Crippen molar-refractivity contribution in [2.75, 3.05) is 11.9 Å². The maximum atomic E-state index is 12.1. The van der Waals surface area contributed by atoms with Gasteiger partial charge in [0.15, 0.2) is 12.4 Å². The number of nitrogens with one attached hydrogen (secondary N) is 1. The summed E-state index contributed by atoms with van der Waals surface area (Å²) in [7, 11) is 0. The number of hydrogen-bond acceptors (Lipinski definition) is 5. The van der Waals surface area contributed by atoms with Gasteiger partial charge in [-0.15, -0.1) is 0 Å². The van der Waals surface area contributed by atoms with Crippen molar-refractivity contribution < 1.29 is 14.1 Å². The van der Waals surface area contributed by atoms with Crippen LogP contribution in [0.15, 0.2) is 47.0 Å². The van der Waals surface area contributed by atoms with Gasteiger partial charge in [0.1, 0.15) is 5.75 Å². The summed E-state index contributed by atoms with van der Waals surface area (Å²) in [5.41, 5.74) is 3.70. The summed E-state index contributed by atoms with van der Waals surface area (Å²) >= 11 is 0. The van der Waals surface area contributed by atoms with Crippen LogP contribution in [0, 0.1) is 20.8 Å². The monoisotopic (exact) mass is 337 g/mol. The summed E-state index contributed by atoms with van der Waals surface area (Å²) in [4.78, 5) is 16.3. The smallest absolute Gasteiger partial charge is 0.262 e. The van der Waals surface area contributed by atoms with E-state index in [2.05, 4.69) is 21.5 Å². The zero-order valence-electron chi connectivity index (χ0n) is 14.4. The number of amides is 1. The van der Waals surface area contributed by atoms with Crippen molar-refractivity contribution in [2.45, 2.75) is 20.8 Å². The molecule has 0 atom stereocenters. The number of rotatable bonds is 5. The Morgan fingerprint density at radius 2 is 1.88 bits per heavy atom. The van der Waals surface area contributed by atoms with Crippen LogP contribution in [0.4, 0.5) is 5.69 Å². The lowest BCUT2D eigenvalue weighted by Crippen LogP contribution is -2.20. The standard InChI is InChI=1S/C19H19N3O3/c1-12-7-13(2)9-16(8-12)21-18(23)11-24-17-6-4-5-15(10-17)19-20-14(3)22-25-19/h4-10H,11H2,1-3H3,(H,21,23). The number of benzene rings is 2. The minimum Gasteiger partial charge on any atom is -0.484 e. The Morgan fingerprint density at radius 1 is 1.12 bits per heavy atom. The molecule has 1 amide bonds. The third-order valence-electron chi connectivity index (χ3n) is 3.48. The Balaban J connectivity index is 1.62. The number of carbonyl (C=O) groups excluding carboxylic acids is 1. The number of carbonyl (C=O) groups is 1. The largest absolute Gasteiger partial charge is 0.484 e. The Bertz CT molecular complexity index is 882. The average Bonchev–Trinajstić information content (AvgIpc) is 2.99. The van der Waals surface area contributed by atoms with E-state index in [-0.39, 0.29) is 12.5 Å². The summed E-state index contributed by atoms with van der Waals surface area (Å²) in [6, 6.07) is 13.1. The number of aromatic nitrogens is 2. The van der Waals surface area contributed by atoms with Crippen molar-refractivity contribution in [1.29, 1.82) is 0 Å². The summed E-state index contributed by atoms with van der Waals surface area (Å²) in [5.74, 6) is 1.32. The van der Waals surface area contributed by atoms with Gasteiger partial charge in [0, 0.05) is 11.3 Å². The van der Waals surface area contributed by atoms with Crippen LogP contribution in [0.1, 0.15) is 17.0 Å². The molecule has 1 aromatic heterocycles. The van der Waals surface area contributed by atoms with Crippen molar-refractivity contribution >= 4 is 11.6 Å². The number of anilines is 1. The highest BCUT2D eigenvalue weighted by molar-refractivity contribution is 5.92. The fraction of sp³-hybridized carbons (Fsp3) is 0.211. The fourth-order valence-electron chi connectivity index (χ4n) is 2.53. The topological polar surface area (TPSA) is 77.2 Å². The normalized spacial score (nSPS) is 10.5. The van der Waals surface area contributed by atoms with E-state index in [1.807, 2.05) is 38.1 Å². The molecular formula is C19H19N3O3. The highest BCUT2D eigenvalue weighted by Gasteiger charge is 2.09. The first-order valence-electron chi connectivity index (χ1n) is 7.91. The second kappa shape index (κ2) is 7.17. The van der Waals surface area contributed by atoms with Crippen LogP contribution in [-0.2, 0) is 4.79 Å². The summed E-state index contributed by atoms with van der Waals surface area (Å²) in [6.45, 7) is 5.65. The van der Waals surface area contributed by atoms with E-state index in [9.17, 15) is 4.79 Å². The summed E-state index contributed by atoms with van der Waals surface area (Å²) in [6.07, 6.45) is 0. The molecule has 6 nitrogen and oxygen atoms in total. The van der Waals surface area contributed by atoms with Gasteiger partial charge in [0.05, 0.1) is 0 Å². The molecule has 1 N–H and O–H groups in total. The van der Waals surface area contributed by atoms with Gasteiger partial charge < -0.3 is 14.6 Å². The second-order valence-electron chi connectivity index (χ2n) is 5.89. The first-order chi connectivity index (χ1) is 12.0. The van der Waals surface area contributed by atoms with E-state index in [1.165, 1.54) is 0 Å². The SMILES string of the molecule is Cc1cc(C)cc(NC(=O)COc2cccc(-c3nc(C)no3)c2)c1. The lowest BCUT2D eigenvalue weighted by molar-refractivity contribution is -0.118. The van der Waals surface area contributed by atoms with Gasteiger partial charge in [-0.2, -0.15) is 4.98 Å². The van der Waals surface area contributed by atoms with Gasteiger partial charge in [-0.05, 0) is 62.2 Å². The van der Waals surface area contributed by atoms with Crippen LogP contribution < -0.4 is 10.1 Å². The number of ether oxygens (including phenoxy) is 1. The molecule has 0 unspecified atom stereocenters. The number of nitrogens with zero attached hydrogens (tertiary/aromatic N) is 2. The van der Waals surface area contributed by atoms with Crippen LogP contribution >= 0.6 is 0 Å². The fourth-order valence-corrected chi connectivity index (χ4v) is 2.53. The molecule has 2 aromatic carbocycles. The summed E-state index contributed by atoms with van der Waals surface area (Å²) in [5, 5.41) is 6.61. The molecule has 1 heterocycles. The van der Waals surface area contributed by atoms with E-state index in [1.54, 1.807) is 19.1 Å². The van der Waals surface area contributed by atoms with Crippen molar-refractivity contribution in [3.8, 4) is 17.2 Å². The first-order valence-corrected chi connectivity index (χ1v) is 7.91. The van der Waals surface area contributed by atoms with E-state index in [0.29, 0.717) is 17.5 Å². The van der Waals surface area contributed by atoms with Gasteiger partial charge in [0.2, 0.25) is 0 Å². The van der Waals surface area contributed by atoms with Crippen molar-refractivity contribution in [1.82, 2.24) is 10.1 Å². The molecule has 0 saturated heterocycles. The molecule has 0 aliphatic rings. The van der Waals surface area contributed by atoms with Crippen molar-refractivity contribution in [3.05, 3.63) is 59.4 Å². The van der Waals surface area contributed by atoms with Gasteiger partial charge in [0.25, 0.3) is 11.8 Å². The van der Waals surface area contributed by atoms with Gasteiger partial charge in [-0.3, -0.25) is 4.79 Å². The van der Waals surface area contributed by atoms with Crippen LogP contribution in [-0.4, -0.2) is 22.7 Å². The number of aryl methyl sites for hydroxylation is 3. The highest BCUT2D eigenvalue weighted by atomic mass is 16.5. The molecule has 6 heteroatoms. The average molecular weight is 337 g/mol. The Hall–Kier alpha value is -3.15. The lowest BCUT2D eigenvalue weighted by atomic mass is 10.1. The predicted molar refractivity (Wildman–Crippen MR) is 94.5 cm³/mol. The van der Waals surface area contributed by atoms with E-state index in [4.69, 9.17) is 9.26 Å².